The number of carbonyl (C=O) groups is 2. The molecule has 226 valence electrons. The number of rotatable bonds is 8. The molecule has 10 heteroatoms. The molecule has 2 N–H and O–H groups in total. The molecule has 1 aliphatic carbocycles. The van der Waals surface area contributed by atoms with Crippen molar-refractivity contribution in [1.29, 1.82) is 0 Å². The predicted molar refractivity (Wildman–Crippen MR) is 160 cm³/mol. The van der Waals surface area contributed by atoms with Gasteiger partial charge in [-0.2, -0.15) is 13.2 Å². The van der Waals surface area contributed by atoms with Crippen molar-refractivity contribution in [2.75, 3.05) is 17.2 Å². The summed E-state index contributed by atoms with van der Waals surface area (Å²) in [6, 6.07) is 20.7. The summed E-state index contributed by atoms with van der Waals surface area (Å²) < 4.78 is 52.6. The molecule has 3 aromatic rings. The van der Waals surface area contributed by atoms with Crippen molar-refractivity contribution in [2.24, 2.45) is 5.41 Å². The molecule has 0 aliphatic heterocycles. The molecule has 0 radical (unpaired) electrons. The molecule has 1 aliphatic rings. The average Bonchev–Trinajstić information content (AvgIpc) is 2.93. The number of hydrogen-bond donors (Lipinski definition) is 2. The smallest absolute Gasteiger partial charge is 0.413 e. The second-order valence-corrected chi connectivity index (χ2v) is 11.4. The molecule has 1 aromatic heterocycles. The zero-order valence-electron chi connectivity index (χ0n) is 24.4. The Balaban J connectivity index is 1.37. The summed E-state index contributed by atoms with van der Waals surface area (Å²) >= 11 is 0. The molecular formula is C33H34F3N3O4. The Morgan fingerprint density at radius 2 is 1.63 bits per heavy atom. The van der Waals surface area contributed by atoms with Gasteiger partial charge in [-0.15, -0.1) is 0 Å². The van der Waals surface area contributed by atoms with Gasteiger partial charge in [0.25, 0.3) is 5.91 Å². The van der Waals surface area contributed by atoms with Crippen molar-refractivity contribution < 1.29 is 32.2 Å². The fourth-order valence-electron chi connectivity index (χ4n) is 4.39. The van der Waals surface area contributed by atoms with Gasteiger partial charge in [0.05, 0.1) is 12.0 Å². The molecule has 7 nitrogen and oxygen atoms in total. The predicted octanol–water partition coefficient (Wildman–Crippen LogP) is 7.97. The molecule has 43 heavy (non-hydrogen) atoms. The van der Waals surface area contributed by atoms with E-state index in [2.05, 4.69) is 15.6 Å². The Hall–Kier alpha value is -4.60. The highest BCUT2D eigenvalue weighted by Crippen LogP contribution is 2.48. The molecule has 0 saturated heterocycles. The fraction of sp³-hybridized carbons (Fsp3) is 0.303. The molecule has 0 bridgehead atoms. The maximum atomic E-state index is 13.9. The van der Waals surface area contributed by atoms with Gasteiger partial charge in [0.2, 0.25) is 0 Å². The first-order valence-corrected chi connectivity index (χ1v) is 13.8. The van der Waals surface area contributed by atoms with Gasteiger partial charge < -0.3 is 14.8 Å². The number of halogens is 3. The number of allylic oxidation sites excluding steroid dienone is 3. The number of carbonyl (C=O) groups excluding carboxylic acids is 2. The number of nitrogens with zero attached hydrogens (tertiary/aromatic N) is 1. The van der Waals surface area contributed by atoms with Gasteiger partial charge in [0.15, 0.2) is 0 Å². The Morgan fingerprint density at radius 1 is 0.930 bits per heavy atom. The molecular weight excluding hydrogens is 559 g/mol. The Morgan fingerprint density at radius 3 is 2.28 bits per heavy atom. The summed E-state index contributed by atoms with van der Waals surface area (Å²) in [5.41, 5.74) is -0.482. The van der Waals surface area contributed by atoms with Crippen LogP contribution in [0.1, 0.15) is 45.4 Å². The lowest BCUT2D eigenvalue weighted by atomic mass is 9.75. The van der Waals surface area contributed by atoms with Crippen LogP contribution < -0.4 is 15.4 Å². The highest BCUT2D eigenvalue weighted by molar-refractivity contribution is 6.10. The SMILES string of the molecule is CC(C)(C)OC(=O)Nc1cccc(CCOc2ccc(NC(=O)C3=C(c4ccccc4)C=CC(C)(C(F)(F)F)C3)cc2)n1. The summed E-state index contributed by atoms with van der Waals surface area (Å²) in [5.74, 6) is 0.301. The lowest BCUT2D eigenvalue weighted by molar-refractivity contribution is -0.199. The molecule has 0 saturated carbocycles. The third-order valence-corrected chi connectivity index (χ3v) is 6.67. The van der Waals surface area contributed by atoms with Crippen LogP contribution in [0.25, 0.3) is 5.57 Å². The van der Waals surface area contributed by atoms with E-state index in [1.807, 2.05) is 6.07 Å². The Kier molecular flexibility index (Phi) is 9.27. The van der Waals surface area contributed by atoms with E-state index in [1.165, 1.54) is 6.08 Å². The fourth-order valence-corrected chi connectivity index (χ4v) is 4.39. The van der Waals surface area contributed by atoms with E-state index in [1.54, 1.807) is 87.5 Å². The van der Waals surface area contributed by atoms with Crippen molar-refractivity contribution in [3.63, 3.8) is 0 Å². The normalized spacial score (nSPS) is 16.9. The van der Waals surface area contributed by atoms with Crippen LogP contribution >= 0.6 is 0 Å². The van der Waals surface area contributed by atoms with Gasteiger partial charge in [-0.05, 0) is 81.7 Å². The minimum atomic E-state index is -4.51. The third kappa shape index (κ3) is 8.47. The largest absolute Gasteiger partial charge is 0.493 e. The molecule has 1 unspecified atom stereocenters. The summed E-state index contributed by atoms with van der Waals surface area (Å²) in [7, 11) is 0. The van der Waals surface area contributed by atoms with E-state index in [-0.39, 0.29) is 5.57 Å². The van der Waals surface area contributed by atoms with Crippen molar-refractivity contribution >= 4 is 29.1 Å². The van der Waals surface area contributed by atoms with Crippen molar-refractivity contribution in [3.05, 3.63) is 102 Å². The van der Waals surface area contributed by atoms with E-state index >= 15 is 0 Å². The van der Waals surface area contributed by atoms with Gasteiger partial charge >= 0.3 is 12.3 Å². The second kappa shape index (κ2) is 12.7. The molecule has 2 aromatic carbocycles. The molecule has 0 spiro atoms. The number of amides is 2. The lowest BCUT2D eigenvalue weighted by Crippen LogP contribution is -2.37. The number of aromatic nitrogens is 1. The number of nitrogens with one attached hydrogen (secondary N) is 2. The molecule has 4 rings (SSSR count). The summed E-state index contributed by atoms with van der Waals surface area (Å²) in [6.07, 6.45) is -2.61. The molecule has 1 heterocycles. The second-order valence-electron chi connectivity index (χ2n) is 11.4. The van der Waals surface area contributed by atoms with E-state index in [4.69, 9.17) is 9.47 Å². The van der Waals surface area contributed by atoms with Crippen LogP contribution in [-0.4, -0.2) is 35.4 Å². The summed E-state index contributed by atoms with van der Waals surface area (Å²) in [6.45, 7) is 6.71. The highest BCUT2D eigenvalue weighted by atomic mass is 19.4. The van der Waals surface area contributed by atoms with Crippen molar-refractivity contribution in [1.82, 2.24) is 4.98 Å². The Labute approximate surface area is 248 Å². The van der Waals surface area contributed by atoms with Crippen LogP contribution in [0.3, 0.4) is 0 Å². The number of anilines is 2. The minimum Gasteiger partial charge on any atom is -0.493 e. The monoisotopic (exact) mass is 593 g/mol. The standard InChI is InChI=1S/C33H34F3N3O4/c1-31(2,3)43-30(41)39-28-12-8-11-23(37-28)18-20-42-25-15-13-24(14-16-25)38-29(40)27-21-32(4,33(34,35)36)19-17-26(27)22-9-6-5-7-10-22/h5-17,19H,18,20-21H2,1-4H3,(H,38,40)(H,37,39,41). The molecule has 0 fully saturated rings. The van der Waals surface area contributed by atoms with E-state index in [0.29, 0.717) is 47.1 Å². The number of pyridine rings is 1. The first kappa shape index (κ1) is 31.3. The lowest BCUT2D eigenvalue weighted by Gasteiger charge is -2.33. The first-order chi connectivity index (χ1) is 20.2. The van der Waals surface area contributed by atoms with E-state index in [9.17, 15) is 22.8 Å². The maximum absolute atomic E-state index is 13.9. The van der Waals surface area contributed by atoms with Gasteiger partial charge in [0.1, 0.15) is 17.2 Å². The van der Waals surface area contributed by atoms with Crippen LogP contribution in [0.15, 0.2) is 90.5 Å². The topological polar surface area (TPSA) is 89.5 Å². The van der Waals surface area contributed by atoms with Crippen molar-refractivity contribution in [2.45, 2.75) is 52.3 Å². The summed E-state index contributed by atoms with van der Waals surface area (Å²) in [5, 5.41) is 5.34. The quantitative estimate of drug-likeness (QED) is 0.277. The zero-order chi connectivity index (χ0) is 31.3. The zero-order valence-corrected chi connectivity index (χ0v) is 24.4. The highest BCUT2D eigenvalue weighted by Gasteiger charge is 2.51. The van der Waals surface area contributed by atoms with Crippen LogP contribution in [0.5, 0.6) is 5.75 Å². The number of ether oxygens (including phenoxy) is 2. The van der Waals surface area contributed by atoms with E-state index in [0.717, 1.165) is 13.0 Å². The molecule has 2 amide bonds. The van der Waals surface area contributed by atoms with Crippen LogP contribution in [0, 0.1) is 5.41 Å². The first-order valence-electron chi connectivity index (χ1n) is 13.8. The van der Waals surface area contributed by atoms with Crippen molar-refractivity contribution in [3.8, 4) is 5.75 Å². The van der Waals surface area contributed by atoms with Gasteiger partial charge in [0, 0.05) is 23.4 Å². The maximum Gasteiger partial charge on any atom is 0.413 e. The van der Waals surface area contributed by atoms with E-state index < -0.39 is 35.6 Å². The number of hydrogen-bond acceptors (Lipinski definition) is 5. The number of alkyl halides is 3. The Bertz CT molecular complexity index is 1510. The van der Waals surface area contributed by atoms with Crippen LogP contribution in [0.4, 0.5) is 29.5 Å². The molecule has 1 atom stereocenters. The van der Waals surface area contributed by atoms with Gasteiger partial charge in [-0.1, -0.05) is 48.6 Å². The third-order valence-electron chi connectivity index (χ3n) is 6.67. The van der Waals surface area contributed by atoms with Crippen LogP contribution in [-0.2, 0) is 16.0 Å². The summed E-state index contributed by atoms with van der Waals surface area (Å²) in [4.78, 5) is 29.7. The number of benzene rings is 2. The van der Waals surface area contributed by atoms with Crippen LogP contribution in [0.2, 0.25) is 0 Å². The van der Waals surface area contributed by atoms with Gasteiger partial charge in [-0.25, -0.2) is 9.78 Å². The van der Waals surface area contributed by atoms with Gasteiger partial charge in [-0.3, -0.25) is 10.1 Å². The average molecular weight is 594 g/mol. The minimum absolute atomic E-state index is 0.0599.